The van der Waals surface area contributed by atoms with Crippen molar-refractivity contribution in [2.75, 3.05) is 13.1 Å². The van der Waals surface area contributed by atoms with Crippen molar-refractivity contribution in [1.82, 2.24) is 20.4 Å². The quantitative estimate of drug-likeness (QED) is 0.668. The van der Waals surface area contributed by atoms with Gasteiger partial charge in [0.25, 0.3) is 5.91 Å². The molecule has 1 aromatic carbocycles. The molecular formula is C18H22ClFN4OS. The van der Waals surface area contributed by atoms with Gasteiger partial charge in [-0.1, -0.05) is 6.92 Å². The SMILES string of the molecule is CCN[C@H](C)CNC(=O)c1cc2c(C)nn(-c3ccc(F)cc3)c2s1.Cl. The number of thiophene rings is 1. The van der Waals surface area contributed by atoms with Crippen LogP contribution in [0.1, 0.15) is 29.2 Å². The van der Waals surface area contributed by atoms with Crippen LogP contribution in [0.25, 0.3) is 15.9 Å². The van der Waals surface area contributed by atoms with Gasteiger partial charge in [-0.3, -0.25) is 4.79 Å². The fraction of sp³-hybridized carbons (Fsp3) is 0.333. The van der Waals surface area contributed by atoms with Gasteiger partial charge in [0, 0.05) is 18.0 Å². The number of benzene rings is 1. The minimum absolute atomic E-state index is 0. The topological polar surface area (TPSA) is 58.9 Å². The van der Waals surface area contributed by atoms with Crippen LogP contribution in [0.15, 0.2) is 30.3 Å². The highest BCUT2D eigenvalue weighted by molar-refractivity contribution is 7.20. The van der Waals surface area contributed by atoms with Gasteiger partial charge in [0.2, 0.25) is 0 Å². The molecule has 0 bridgehead atoms. The lowest BCUT2D eigenvalue weighted by Crippen LogP contribution is -2.38. The van der Waals surface area contributed by atoms with Crippen molar-refractivity contribution in [2.45, 2.75) is 26.8 Å². The number of nitrogens with zero attached hydrogens (tertiary/aromatic N) is 2. The number of nitrogens with one attached hydrogen (secondary N) is 2. The summed E-state index contributed by atoms with van der Waals surface area (Å²) in [7, 11) is 0. The number of likely N-dealkylation sites (N-methyl/N-ethyl adjacent to an activating group) is 1. The lowest BCUT2D eigenvalue weighted by atomic mass is 10.3. The number of carbonyl (C=O) groups excluding carboxylic acids is 1. The molecule has 0 aliphatic carbocycles. The van der Waals surface area contributed by atoms with Crippen LogP contribution in [0.2, 0.25) is 0 Å². The predicted octanol–water partition coefficient (Wildman–Crippen LogP) is 3.68. The molecule has 8 heteroatoms. The van der Waals surface area contributed by atoms with Crippen LogP contribution in [0.5, 0.6) is 0 Å². The summed E-state index contributed by atoms with van der Waals surface area (Å²) in [5, 5.41) is 11.7. The van der Waals surface area contributed by atoms with E-state index in [1.54, 1.807) is 16.8 Å². The summed E-state index contributed by atoms with van der Waals surface area (Å²) in [5.41, 5.74) is 1.62. The van der Waals surface area contributed by atoms with Crippen molar-refractivity contribution in [3.8, 4) is 5.69 Å². The lowest BCUT2D eigenvalue weighted by molar-refractivity contribution is 0.0954. The van der Waals surface area contributed by atoms with E-state index in [4.69, 9.17) is 0 Å². The first-order valence-corrected chi connectivity index (χ1v) is 9.08. The highest BCUT2D eigenvalue weighted by atomic mass is 35.5. The van der Waals surface area contributed by atoms with Crippen molar-refractivity contribution in [3.63, 3.8) is 0 Å². The molecular weight excluding hydrogens is 375 g/mol. The molecule has 0 aliphatic heterocycles. The Hall–Kier alpha value is -1.96. The van der Waals surface area contributed by atoms with E-state index in [2.05, 4.69) is 15.7 Å². The van der Waals surface area contributed by atoms with Crippen molar-refractivity contribution in [2.24, 2.45) is 0 Å². The molecule has 0 saturated heterocycles. The van der Waals surface area contributed by atoms with E-state index in [0.717, 1.165) is 28.1 Å². The van der Waals surface area contributed by atoms with Crippen LogP contribution >= 0.6 is 23.7 Å². The number of halogens is 2. The molecule has 3 aromatic rings. The molecule has 2 heterocycles. The predicted molar refractivity (Wildman–Crippen MR) is 106 cm³/mol. The van der Waals surface area contributed by atoms with Gasteiger partial charge in [-0.2, -0.15) is 5.10 Å². The molecule has 0 unspecified atom stereocenters. The van der Waals surface area contributed by atoms with Gasteiger partial charge >= 0.3 is 0 Å². The Morgan fingerprint density at radius 2 is 2.04 bits per heavy atom. The fourth-order valence-electron chi connectivity index (χ4n) is 2.67. The third-order valence-electron chi connectivity index (χ3n) is 3.96. The first-order chi connectivity index (χ1) is 12.0. The maximum absolute atomic E-state index is 13.2. The van der Waals surface area contributed by atoms with Gasteiger partial charge in [0.15, 0.2) is 0 Å². The molecule has 1 amide bonds. The molecule has 5 nitrogen and oxygen atoms in total. The van der Waals surface area contributed by atoms with Gasteiger partial charge in [-0.05, 0) is 50.7 Å². The number of hydrogen-bond acceptors (Lipinski definition) is 4. The minimum Gasteiger partial charge on any atom is -0.350 e. The molecule has 0 spiro atoms. The first kappa shape index (κ1) is 20.4. The summed E-state index contributed by atoms with van der Waals surface area (Å²) < 4.78 is 14.9. The Labute approximate surface area is 162 Å². The van der Waals surface area contributed by atoms with Crippen LogP contribution in [0.4, 0.5) is 4.39 Å². The Kier molecular flexibility index (Phi) is 6.75. The highest BCUT2D eigenvalue weighted by Gasteiger charge is 2.17. The first-order valence-electron chi connectivity index (χ1n) is 8.26. The number of amides is 1. The third-order valence-corrected chi connectivity index (χ3v) is 5.07. The van der Waals surface area contributed by atoms with E-state index in [9.17, 15) is 9.18 Å². The largest absolute Gasteiger partial charge is 0.350 e. The van der Waals surface area contributed by atoms with Crippen LogP contribution < -0.4 is 10.6 Å². The molecule has 1 atom stereocenters. The molecule has 0 saturated carbocycles. The lowest BCUT2D eigenvalue weighted by Gasteiger charge is -2.12. The van der Waals surface area contributed by atoms with Crippen LogP contribution in [-0.4, -0.2) is 34.8 Å². The molecule has 140 valence electrons. The number of fused-ring (bicyclic) bond motifs is 1. The number of aryl methyl sites for hydroxylation is 1. The van der Waals surface area contributed by atoms with Gasteiger partial charge in [0.1, 0.15) is 10.6 Å². The van der Waals surface area contributed by atoms with Crippen molar-refractivity contribution in [3.05, 3.63) is 46.7 Å². The molecule has 0 radical (unpaired) electrons. The van der Waals surface area contributed by atoms with Crippen molar-refractivity contribution >= 4 is 39.9 Å². The second kappa shape index (κ2) is 8.62. The maximum atomic E-state index is 13.2. The van der Waals surface area contributed by atoms with E-state index < -0.39 is 0 Å². The molecule has 3 rings (SSSR count). The average molecular weight is 397 g/mol. The fourth-order valence-corrected chi connectivity index (χ4v) is 3.77. The molecule has 0 fully saturated rings. The number of hydrogen-bond donors (Lipinski definition) is 2. The van der Waals surface area contributed by atoms with E-state index >= 15 is 0 Å². The van der Waals surface area contributed by atoms with E-state index in [0.29, 0.717) is 11.4 Å². The standard InChI is InChI=1S/C18H21FN4OS.ClH/c1-4-20-11(2)10-21-17(24)16-9-15-12(3)22-23(18(15)25-16)14-7-5-13(19)6-8-14;/h5-9,11,20H,4,10H2,1-3H3,(H,21,24);1H/t11-;/m1./s1. The second-order valence-corrected chi connectivity index (χ2v) is 7.00. The number of carbonyl (C=O) groups is 1. The normalized spacial score (nSPS) is 12.0. The smallest absolute Gasteiger partial charge is 0.261 e. The Morgan fingerprint density at radius 1 is 1.35 bits per heavy atom. The summed E-state index contributed by atoms with van der Waals surface area (Å²) in [6.07, 6.45) is 0. The van der Waals surface area contributed by atoms with Crippen LogP contribution in [-0.2, 0) is 0 Å². The molecule has 2 N–H and O–H groups in total. The summed E-state index contributed by atoms with van der Waals surface area (Å²) in [6.45, 7) is 7.42. The van der Waals surface area contributed by atoms with E-state index in [1.165, 1.54) is 23.5 Å². The summed E-state index contributed by atoms with van der Waals surface area (Å²) in [4.78, 5) is 13.9. The molecule has 0 aliphatic rings. The average Bonchev–Trinajstić information content (AvgIpc) is 3.15. The van der Waals surface area contributed by atoms with Gasteiger partial charge in [-0.15, -0.1) is 23.7 Å². The number of rotatable bonds is 6. The zero-order valence-corrected chi connectivity index (χ0v) is 16.5. The van der Waals surface area contributed by atoms with Gasteiger partial charge in [0.05, 0.1) is 16.3 Å². The van der Waals surface area contributed by atoms with Gasteiger partial charge < -0.3 is 10.6 Å². The minimum atomic E-state index is -0.287. The molecule has 2 aromatic heterocycles. The zero-order chi connectivity index (χ0) is 18.0. The second-order valence-electron chi connectivity index (χ2n) is 5.97. The van der Waals surface area contributed by atoms with Crippen molar-refractivity contribution < 1.29 is 9.18 Å². The zero-order valence-electron chi connectivity index (χ0n) is 14.9. The summed E-state index contributed by atoms with van der Waals surface area (Å²) in [6, 6.07) is 8.26. The monoisotopic (exact) mass is 396 g/mol. The third kappa shape index (κ3) is 4.23. The van der Waals surface area contributed by atoms with E-state index in [-0.39, 0.29) is 30.2 Å². The van der Waals surface area contributed by atoms with Crippen LogP contribution in [0.3, 0.4) is 0 Å². The summed E-state index contributed by atoms with van der Waals surface area (Å²) in [5.74, 6) is -0.374. The van der Waals surface area contributed by atoms with Gasteiger partial charge in [-0.25, -0.2) is 9.07 Å². The Bertz CT molecular complexity index is 891. The van der Waals surface area contributed by atoms with E-state index in [1.807, 2.05) is 26.8 Å². The Morgan fingerprint density at radius 3 is 2.69 bits per heavy atom. The maximum Gasteiger partial charge on any atom is 0.261 e. The highest BCUT2D eigenvalue weighted by Crippen LogP contribution is 2.30. The molecule has 26 heavy (non-hydrogen) atoms. The number of aromatic nitrogens is 2. The van der Waals surface area contributed by atoms with Crippen LogP contribution in [0, 0.1) is 12.7 Å². The Balaban J connectivity index is 0.00000243. The van der Waals surface area contributed by atoms with Crippen molar-refractivity contribution in [1.29, 1.82) is 0 Å². The summed E-state index contributed by atoms with van der Waals surface area (Å²) >= 11 is 1.39.